The zero-order valence-corrected chi connectivity index (χ0v) is 32.8. The molecule has 7 rings (SSSR count). The van der Waals surface area contributed by atoms with Crippen LogP contribution in [-0.2, 0) is 43.6 Å². The number of carbonyl (C=O) groups is 3. The normalized spacial score (nSPS) is 38.6. The van der Waals surface area contributed by atoms with Crippen LogP contribution in [0.4, 0.5) is 0 Å². The Morgan fingerprint density at radius 3 is 2.20 bits per heavy atom. The standard InChI is InChI=1S/C39H49NO16/c1-14-32(49-7)39(4,52-10)33(50-8)36(53-14)54-19-13-37(2,48)24(34(47)51-9)15-11-16-21(27(43)20(15)19)28(44)22-18(41)12-17-30(23(22)26(16)42)55-35-29(45)25(40(5)6)31(46)38(17,3)56-35/h11-12,14,19,24-25,29,31-33,35-36,41,43,45-46,48H,13H2,1-10H3/t14?,19-,24-,25-,29-,31+,32?,33?,35-,36?,37-,38-,39?/m0/s1. The van der Waals surface area contributed by atoms with Gasteiger partial charge in [0.25, 0.3) is 0 Å². The van der Waals surface area contributed by atoms with Crippen LogP contribution in [0.5, 0.6) is 17.2 Å². The zero-order valence-electron chi connectivity index (χ0n) is 32.8. The third kappa shape index (κ3) is 5.47. The third-order valence-electron chi connectivity index (χ3n) is 12.5. The van der Waals surface area contributed by atoms with Crippen LogP contribution >= 0.6 is 0 Å². The maximum Gasteiger partial charge on any atom is 0.316 e. The van der Waals surface area contributed by atoms with Gasteiger partial charge in [0, 0.05) is 44.4 Å². The number of carbonyl (C=O) groups excluding carboxylic acids is 3. The summed E-state index contributed by atoms with van der Waals surface area (Å²) < 4.78 is 47.4. The first-order valence-corrected chi connectivity index (χ1v) is 18.2. The first-order chi connectivity index (χ1) is 26.2. The number of likely N-dealkylation sites (N-methyl/N-ethyl adjacent to an activating group) is 1. The Bertz CT molecular complexity index is 1980. The second-order valence-corrected chi connectivity index (χ2v) is 16.0. The van der Waals surface area contributed by atoms with Crippen LogP contribution < -0.4 is 4.74 Å². The van der Waals surface area contributed by atoms with E-state index in [1.807, 2.05) is 0 Å². The van der Waals surface area contributed by atoms with Crippen molar-refractivity contribution in [3.63, 3.8) is 0 Å². The number of phenolic OH excluding ortho intramolecular Hbond substituents is 2. The lowest BCUT2D eigenvalue weighted by molar-refractivity contribution is -0.345. The third-order valence-corrected chi connectivity index (χ3v) is 12.5. The van der Waals surface area contributed by atoms with Gasteiger partial charge in [-0.25, -0.2) is 0 Å². The van der Waals surface area contributed by atoms with E-state index in [2.05, 4.69) is 0 Å². The number of fused-ring (bicyclic) bond motifs is 8. The summed E-state index contributed by atoms with van der Waals surface area (Å²) in [4.78, 5) is 44.4. The van der Waals surface area contributed by atoms with Gasteiger partial charge in [-0.3, -0.25) is 14.4 Å². The highest BCUT2D eigenvalue weighted by Gasteiger charge is 2.60. The molecule has 0 aromatic heterocycles. The summed E-state index contributed by atoms with van der Waals surface area (Å²) in [6, 6.07) is 1.50. The summed E-state index contributed by atoms with van der Waals surface area (Å²) in [6.07, 6.45) is -9.16. The van der Waals surface area contributed by atoms with E-state index in [4.69, 9.17) is 37.9 Å². The van der Waals surface area contributed by atoms with Crippen molar-refractivity contribution in [2.45, 2.75) is 112 Å². The van der Waals surface area contributed by atoms with Crippen molar-refractivity contribution < 1.29 is 77.8 Å². The lowest BCUT2D eigenvalue weighted by atomic mass is 9.68. The number of phenols is 2. The lowest BCUT2D eigenvalue weighted by Crippen LogP contribution is -2.68. The van der Waals surface area contributed by atoms with Gasteiger partial charge in [0.15, 0.2) is 12.1 Å². The minimum Gasteiger partial charge on any atom is -0.507 e. The summed E-state index contributed by atoms with van der Waals surface area (Å²) in [6.45, 7) is 6.40. The van der Waals surface area contributed by atoms with Crippen LogP contribution in [0.2, 0.25) is 0 Å². The van der Waals surface area contributed by atoms with Gasteiger partial charge in [-0.1, -0.05) is 0 Å². The summed E-state index contributed by atoms with van der Waals surface area (Å²) >= 11 is 0. The van der Waals surface area contributed by atoms with E-state index in [0.29, 0.717) is 0 Å². The molecule has 5 aliphatic rings. The average molecular weight is 788 g/mol. The number of aliphatic hydroxyl groups is 3. The Labute approximate surface area is 322 Å². The van der Waals surface area contributed by atoms with Crippen LogP contribution in [0.3, 0.4) is 0 Å². The first-order valence-electron chi connectivity index (χ1n) is 18.2. The van der Waals surface area contributed by atoms with Gasteiger partial charge in [0.2, 0.25) is 12.1 Å². The number of ketones is 2. The summed E-state index contributed by atoms with van der Waals surface area (Å²) in [5.41, 5.74) is -6.55. The van der Waals surface area contributed by atoms with Gasteiger partial charge in [0.1, 0.15) is 58.8 Å². The molecule has 2 aliphatic carbocycles. The Balaban J connectivity index is 1.40. The monoisotopic (exact) mass is 787 g/mol. The number of hydrogen-bond donors (Lipinski definition) is 5. The highest BCUT2D eigenvalue weighted by Crippen LogP contribution is 2.56. The molecule has 3 aliphatic heterocycles. The van der Waals surface area contributed by atoms with Crippen LogP contribution in [0.15, 0.2) is 12.1 Å². The number of nitrogens with zero attached hydrogens (tertiary/aromatic N) is 1. The number of esters is 1. The summed E-state index contributed by atoms with van der Waals surface area (Å²) in [5.74, 6) is -5.85. The maximum atomic E-state index is 14.8. The molecule has 0 amide bonds. The predicted octanol–water partition coefficient (Wildman–Crippen LogP) is 1.14. The number of rotatable bonds is 7. The van der Waals surface area contributed by atoms with E-state index >= 15 is 0 Å². The molecule has 2 saturated heterocycles. The number of hydrogen-bond acceptors (Lipinski definition) is 17. The van der Waals surface area contributed by atoms with Crippen LogP contribution in [0.25, 0.3) is 0 Å². The Kier molecular flexibility index (Phi) is 9.88. The molecule has 0 spiro atoms. The number of ether oxygens (including phenoxy) is 8. The second-order valence-electron chi connectivity index (χ2n) is 16.0. The highest BCUT2D eigenvalue weighted by atomic mass is 16.7. The molecule has 0 saturated carbocycles. The van der Waals surface area contributed by atoms with Crippen LogP contribution in [0.1, 0.15) is 94.7 Å². The number of methoxy groups -OCH3 is 4. The molecule has 3 heterocycles. The van der Waals surface area contributed by atoms with Crippen molar-refractivity contribution >= 4 is 17.5 Å². The van der Waals surface area contributed by atoms with E-state index in [1.165, 1.54) is 41.2 Å². The fourth-order valence-corrected chi connectivity index (χ4v) is 9.68. The van der Waals surface area contributed by atoms with Crippen LogP contribution in [0, 0.1) is 0 Å². The molecule has 2 fully saturated rings. The quantitative estimate of drug-likeness (QED) is 0.212. The molecule has 17 nitrogen and oxygen atoms in total. The van der Waals surface area contributed by atoms with Gasteiger partial charge in [0.05, 0.1) is 47.7 Å². The molecule has 2 aromatic carbocycles. The highest BCUT2D eigenvalue weighted by molar-refractivity contribution is 6.31. The number of aliphatic hydroxyl groups excluding tert-OH is 2. The molecule has 306 valence electrons. The molecule has 5 unspecified atom stereocenters. The van der Waals surface area contributed by atoms with Crippen molar-refractivity contribution in [2.75, 3.05) is 42.5 Å². The van der Waals surface area contributed by atoms with Crippen molar-refractivity contribution in [3.05, 3.63) is 51.1 Å². The minimum absolute atomic E-state index is 0.0417. The topological polar surface area (TPSA) is 229 Å². The number of aromatic hydroxyl groups is 2. The molecule has 17 heteroatoms. The van der Waals surface area contributed by atoms with E-state index in [0.717, 1.165) is 13.2 Å². The molecule has 2 bridgehead atoms. The van der Waals surface area contributed by atoms with E-state index < -0.39 is 124 Å². The maximum absolute atomic E-state index is 14.8. The molecular weight excluding hydrogens is 738 g/mol. The summed E-state index contributed by atoms with van der Waals surface area (Å²) in [7, 11) is 8.84. The lowest BCUT2D eigenvalue weighted by Gasteiger charge is -2.53. The van der Waals surface area contributed by atoms with Crippen molar-refractivity contribution in [3.8, 4) is 17.2 Å². The minimum atomic E-state index is -1.91. The molecule has 13 atom stereocenters. The summed E-state index contributed by atoms with van der Waals surface area (Å²) in [5, 5.41) is 58.3. The van der Waals surface area contributed by atoms with Gasteiger partial charge >= 0.3 is 5.97 Å². The van der Waals surface area contributed by atoms with Gasteiger partial charge in [-0.2, -0.15) is 0 Å². The Morgan fingerprint density at radius 2 is 1.61 bits per heavy atom. The number of benzene rings is 2. The Morgan fingerprint density at radius 1 is 0.946 bits per heavy atom. The predicted molar refractivity (Wildman–Crippen MR) is 191 cm³/mol. The Hall–Kier alpha value is -3.75. The molecule has 5 N–H and O–H groups in total. The average Bonchev–Trinajstić information content (AvgIpc) is 3.12. The smallest absolute Gasteiger partial charge is 0.316 e. The van der Waals surface area contributed by atoms with Crippen molar-refractivity contribution in [2.24, 2.45) is 0 Å². The van der Waals surface area contributed by atoms with Gasteiger partial charge in [-0.05, 0) is 59.5 Å². The van der Waals surface area contributed by atoms with E-state index in [9.17, 15) is 39.9 Å². The van der Waals surface area contributed by atoms with Crippen molar-refractivity contribution in [1.82, 2.24) is 4.90 Å². The van der Waals surface area contributed by atoms with E-state index in [1.54, 1.807) is 32.8 Å². The first kappa shape index (κ1) is 40.4. The largest absolute Gasteiger partial charge is 0.507 e. The zero-order chi connectivity index (χ0) is 41.1. The molecule has 56 heavy (non-hydrogen) atoms. The van der Waals surface area contributed by atoms with Crippen LogP contribution in [-0.4, -0.2) is 151 Å². The van der Waals surface area contributed by atoms with Gasteiger partial charge < -0.3 is 68.3 Å². The van der Waals surface area contributed by atoms with E-state index in [-0.39, 0.29) is 34.4 Å². The molecule has 0 radical (unpaired) electrons. The fourth-order valence-electron chi connectivity index (χ4n) is 9.68. The molecular formula is C39H49NO16. The fraction of sp³-hybridized carbons (Fsp3) is 0.615. The van der Waals surface area contributed by atoms with Gasteiger partial charge in [-0.15, -0.1) is 0 Å². The second kappa shape index (κ2) is 13.7. The molecule has 2 aromatic rings. The van der Waals surface area contributed by atoms with Crippen molar-refractivity contribution in [1.29, 1.82) is 0 Å². The SMILES string of the molecule is COC(=O)[C@@H]1c2cc3c(c(O)c2[C@@H](OC2OC(C)C(OC)C(C)(OC)C2OC)C[C@]1(C)O)C(=O)c1c(O)cc2c(c1C3=O)O[C@H]1O[C@]2(C)[C@H](O)[C@@H](N(C)C)[C@@H]1O.